The average molecular weight is 291 g/mol. The molecule has 0 saturated heterocycles. The molecule has 0 aliphatic rings. The number of para-hydroxylation sites is 1. The van der Waals surface area contributed by atoms with Crippen molar-refractivity contribution in [3.63, 3.8) is 0 Å². The maximum absolute atomic E-state index is 11.5. The first-order valence-corrected chi connectivity index (χ1v) is 6.80. The summed E-state index contributed by atoms with van der Waals surface area (Å²) in [6, 6.07) is 7.28. The highest BCUT2D eigenvalue weighted by molar-refractivity contribution is 5.77. The Kier molecular flexibility index (Phi) is 7.01. The van der Waals surface area contributed by atoms with E-state index in [0.717, 1.165) is 5.56 Å². The lowest BCUT2D eigenvalue weighted by Gasteiger charge is -2.15. The van der Waals surface area contributed by atoms with Gasteiger partial charge in [-0.15, -0.1) is 6.58 Å². The van der Waals surface area contributed by atoms with Gasteiger partial charge in [0.1, 0.15) is 5.75 Å². The second-order valence-electron chi connectivity index (χ2n) is 4.68. The van der Waals surface area contributed by atoms with Crippen LogP contribution in [0.3, 0.4) is 0 Å². The number of methoxy groups -OCH3 is 1. The van der Waals surface area contributed by atoms with Crippen LogP contribution < -0.4 is 10.1 Å². The molecule has 5 heteroatoms. The van der Waals surface area contributed by atoms with Crippen LogP contribution >= 0.6 is 0 Å². The predicted molar refractivity (Wildman–Crippen MR) is 80.3 cm³/mol. The second-order valence-corrected chi connectivity index (χ2v) is 4.68. The van der Waals surface area contributed by atoms with Crippen LogP contribution in [0, 0.1) is 5.92 Å². The normalized spacial score (nSPS) is 11.5. The molecule has 1 aromatic rings. The summed E-state index contributed by atoms with van der Waals surface area (Å²) in [6.45, 7) is 3.64. The molecule has 5 nitrogen and oxygen atoms in total. The summed E-state index contributed by atoms with van der Waals surface area (Å²) in [4.78, 5) is 22.8. The Morgan fingerprint density at radius 1 is 1.43 bits per heavy atom. The third-order valence-corrected chi connectivity index (χ3v) is 3.13. The highest BCUT2D eigenvalue weighted by Crippen LogP contribution is 2.20. The van der Waals surface area contributed by atoms with Gasteiger partial charge in [0.15, 0.2) is 0 Å². The van der Waals surface area contributed by atoms with Gasteiger partial charge in [-0.05, 0) is 24.5 Å². The van der Waals surface area contributed by atoms with E-state index in [9.17, 15) is 14.7 Å². The van der Waals surface area contributed by atoms with Crippen LogP contribution in [0.5, 0.6) is 5.75 Å². The molecule has 1 unspecified atom stereocenters. The van der Waals surface area contributed by atoms with E-state index in [1.165, 1.54) is 0 Å². The Morgan fingerprint density at radius 2 is 2.14 bits per heavy atom. The monoisotopic (exact) mass is 291 g/mol. The summed E-state index contributed by atoms with van der Waals surface area (Å²) >= 11 is 0. The minimum absolute atomic E-state index is 0.101. The molecule has 1 amide bonds. The number of carbonyl (C=O) groups excluding carboxylic acids is 1. The van der Waals surface area contributed by atoms with Gasteiger partial charge in [0, 0.05) is 13.0 Å². The Hall–Kier alpha value is -2.30. The van der Waals surface area contributed by atoms with Crippen molar-refractivity contribution < 1.29 is 19.4 Å². The molecule has 1 atom stereocenters. The Labute approximate surface area is 124 Å². The molecule has 0 aromatic heterocycles. The SMILES string of the molecule is C=CCCC(=O)NCC(Cc1ccccc1OC)C(=O)O. The predicted octanol–water partition coefficient (Wildman–Crippen LogP) is 2.02. The number of aliphatic carboxylic acids is 1. The van der Waals surface area contributed by atoms with Crippen molar-refractivity contribution in [2.45, 2.75) is 19.3 Å². The fraction of sp³-hybridized carbons (Fsp3) is 0.375. The first-order valence-electron chi connectivity index (χ1n) is 6.80. The third-order valence-electron chi connectivity index (χ3n) is 3.13. The van der Waals surface area contributed by atoms with Crippen molar-refractivity contribution in [1.29, 1.82) is 0 Å². The number of ether oxygens (including phenoxy) is 1. The van der Waals surface area contributed by atoms with Gasteiger partial charge in [0.2, 0.25) is 5.91 Å². The minimum Gasteiger partial charge on any atom is -0.496 e. The molecule has 0 saturated carbocycles. The van der Waals surface area contributed by atoms with E-state index in [-0.39, 0.29) is 12.5 Å². The van der Waals surface area contributed by atoms with E-state index < -0.39 is 11.9 Å². The van der Waals surface area contributed by atoms with Crippen LogP contribution in [0.25, 0.3) is 0 Å². The number of hydrogen-bond donors (Lipinski definition) is 2. The number of carboxylic acid groups (broad SMARTS) is 1. The molecule has 0 heterocycles. The standard InChI is InChI=1S/C16H21NO4/c1-3-4-9-15(18)17-11-13(16(19)20)10-12-7-5-6-8-14(12)21-2/h3,5-8,13H,1,4,9-11H2,2H3,(H,17,18)(H,19,20). The number of hydrogen-bond acceptors (Lipinski definition) is 3. The quantitative estimate of drug-likeness (QED) is 0.683. The van der Waals surface area contributed by atoms with Gasteiger partial charge < -0.3 is 15.2 Å². The molecule has 1 aromatic carbocycles. The summed E-state index contributed by atoms with van der Waals surface area (Å²) in [5, 5.41) is 11.9. The van der Waals surface area contributed by atoms with Gasteiger partial charge in [-0.2, -0.15) is 0 Å². The lowest BCUT2D eigenvalue weighted by atomic mass is 9.98. The van der Waals surface area contributed by atoms with Crippen molar-refractivity contribution in [2.24, 2.45) is 5.92 Å². The van der Waals surface area contributed by atoms with Crippen LogP contribution in [0.4, 0.5) is 0 Å². The van der Waals surface area contributed by atoms with Crippen LogP contribution in [0.1, 0.15) is 18.4 Å². The summed E-state index contributed by atoms with van der Waals surface area (Å²) in [5.74, 6) is -1.14. The molecular formula is C16H21NO4. The molecule has 114 valence electrons. The van der Waals surface area contributed by atoms with Crippen molar-refractivity contribution in [2.75, 3.05) is 13.7 Å². The van der Waals surface area contributed by atoms with E-state index in [0.29, 0.717) is 25.0 Å². The van der Waals surface area contributed by atoms with Crippen LogP contribution in [-0.2, 0) is 16.0 Å². The molecule has 0 bridgehead atoms. The zero-order chi connectivity index (χ0) is 15.7. The molecule has 0 fully saturated rings. The highest BCUT2D eigenvalue weighted by Gasteiger charge is 2.20. The first kappa shape index (κ1) is 16.8. The van der Waals surface area contributed by atoms with Crippen molar-refractivity contribution in [3.05, 3.63) is 42.5 Å². The van der Waals surface area contributed by atoms with Gasteiger partial charge >= 0.3 is 5.97 Å². The van der Waals surface area contributed by atoms with E-state index in [2.05, 4.69) is 11.9 Å². The molecule has 1 rings (SSSR count). The fourth-order valence-electron chi connectivity index (χ4n) is 1.94. The number of allylic oxidation sites excluding steroid dienone is 1. The maximum atomic E-state index is 11.5. The van der Waals surface area contributed by atoms with E-state index >= 15 is 0 Å². The van der Waals surface area contributed by atoms with Gasteiger partial charge in [-0.25, -0.2) is 0 Å². The largest absolute Gasteiger partial charge is 0.496 e. The Balaban J connectivity index is 2.63. The van der Waals surface area contributed by atoms with Gasteiger partial charge in [-0.3, -0.25) is 9.59 Å². The Morgan fingerprint density at radius 3 is 2.76 bits per heavy atom. The highest BCUT2D eigenvalue weighted by atomic mass is 16.5. The minimum atomic E-state index is -0.940. The number of rotatable bonds is 9. The topological polar surface area (TPSA) is 75.6 Å². The first-order chi connectivity index (χ1) is 10.1. The summed E-state index contributed by atoms with van der Waals surface area (Å²) in [7, 11) is 1.55. The third kappa shape index (κ3) is 5.69. The molecular weight excluding hydrogens is 270 g/mol. The molecule has 0 radical (unpaired) electrons. The number of carbonyl (C=O) groups is 2. The van der Waals surface area contributed by atoms with E-state index in [1.54, 1.807) is 19.3 Å². The number of carboxylic acids is 1. The lowest BCUT2D eigenvalue weighted by molar-refractivity contribution is -0.141. The van der Waals surface area contributed by atoms with Crippen LogP contribution in [0.2, 0.25) is 0 Å². The Bertz CT molecular complexity index is 499. The van der Waals surface area contributed by atoms with Gasteiger partial charge in [0.25, 0.3) is 0 Å². The molecule has 0 spiro atoms. The lowest BCUT2D eigenvalue weighted by Crippen LogP contribution is -2.34. The van der Waals surface area contributed by atoms with Crippen molar-refractivity contribution >= 4 is 11.9 Å². The second kappa shape index (κ2) is 8.79. The molecule has 2 N–H and O–H groups in total. The average Bonchev–Trinajstić information content (AvgIpc) is 2.49. The molecule has 0 aliphatic heterocycles. The smallest absolute Gasteiger partial charge is 0.308 e. The van der Waals surface area contributed by atoms with E-state index in [4.69, 9.17) is 4.74 Å². The van der Waals surface area contributed by atoms with E-state index in [1.807, 2.05) is 18.2 Å². The van der Waals surface area contributed by atoms with Gasteiger partial charge in [-0.1, -0.05) is 24.3 Å². The number of amides is 1. The van der Waals surface area contributed by atoms with Gasteiger partial charge in [0.05, 0.1) is 13.0 Å². The van der Waals surface area contributed by atoms with Crippen molar-refractivity contribution in [3.8, 4) is 5.75 Å². The summed E-state index contributed by atoms with van der Waals surface area (Å²) in [6.07, 6.45) is 2.87. The fourth-order valence-corrected chi connectivity index (χ4v) is 1.94. The molecule has 0 aliphatic carbocycles. The summed E-state index contributed by atoms with van der Waals surface area (Å²) < 4.78 is 5.21. The van der Waals surface area contributed by atoms with Crippen LogP contribution in [0.15, 0.2) is 36.9 Å². The maximum Gasteiger partial charge on any atom is 0.308 e. The van der Waals surface area contributed by atoms with Crippen LogP contribution in [-0.4, -0.2) is 30.6 Å². The molecule has 21 heavy (non-hydrogen) atoms. The van der Waals surface area contributed by atoms with Crippen molar-refractivity contribution in [1.82, 2.24) is 5.32 Å². The zero-order valence-electron chi connectivity index (χ0n) is 12.2. The summed E-state index contributed by atoms with van der Waals surface area (Å²) in [5.41, 5.74) is 0.813. The number of nitrogens with one attached hydrogen (secondary N) is 1. The zero-order valence-corrected chi connectivity index (χ0v) is 12.2. The number of benzene rings is 1.